The second kappa shape index (κ2) is 6.02. The molecule has 0 aliphatic heterocycles. The van der Waals surface area contributed by atoms with Crippen LogP contribution in [0.5, 0.6) is 0 Å². The first-order chi connectivity index (χ1) is 9.42. The number of alkyl halides is 3. The third-order valence-electron chi connectivity index (χ3n) is 2.75. The van der Waals surface area contributed by atoms with Crippen molar-refractivity contribution < 1.29 is 26.4 Å². The molecule has 1 aromatic carbocycles. The largest absolute Gasteiger partial charge is 0.390 e. The van der Waals surface area contributed by atoms with E-state index < -0.39 is 40.0 Å². The van der Waals surface area contributed by atoms with E-state index in [4.69, 9.17) is 5.14 Å². The summed E-state index contributed by atoms with van der Waals surface area (Å²) >= 11 is 0. The van der Waals surface area contributed by atoms with Gasteiger partial charge >= 0.3 is 6.18 Å². The van der Waals surface area contributed by atoms with E-state index in [0.29, 0.717) is 5.56 Å². The molecule has 0 unspecified atom stereocenters. The van der Waals surface area contributed by atoms with Crippen LogP contribution in [-0.2, 0) is 10.0 Å². The highest BCUT2D eigenvalue weighted by molar-refractivity contribution is 7.89. The lowest BCUT2D eigenvalue weighted by Gasteiger charge is -2.19. The van der Waals surface area contributed by atoms with Crippen molar-refractivity contribution in [1.82, 2.24) is 4.90 Å². The zero-order chi connectivity index (χ0) is 16.4. The van der Waals surface area contributed by atoms with Crippen molar-refractivity contribution in [3.8, 4) is 0 Å². The Morgan fingerprint density at radius 2 is 1.90 bits per heavy atom. The predicted molar refractivity (Wildman–Crippen MR) is 70.2 cm³/mol. The lowest BCUT2D eigenvalue weighted by atomic mass is 10.1. The van der Waals surface area contributed by atoms with Crippen molar-refractivity contribution in [3.05, 3.63) is 29.3 Å². The molecule has 0 aliphatic carbocycles. The van der Waals surface area contributed by atoms with Gasteiger partial charge in [0.15, 0.2) is 0 Å². The third kappa shape index (κ3) is 5.01. The molecular weight excluding hydrogens is 309 g/mol. The number of carbonyl (C=O) groups is 1. The van der Waals surface area contributed by atoms with Crippen LogP contribution in [0.15, 0.2) is 23.1 Å². The summed E-state index contributed by atoms with van der Waals surface area (Å²) < 4.78 is 59.4. The Balaban J connectivity index is 3.10. The average molecular weight is 324 g/mol. The second-order valence-corrected chi connectivity index (χ2v) is 6.17. The molecule has 0 saturated carbocycles. The molecule has 0 bridgehead atoms. The summed E-state index contributed by atoms with van der Waals surface area (Å²) in [4.78, 5) is 12.5. The normalized spacial score (nSPS) is 12.3. The van der Waals surface area contributed by atoms with Crippen molar-refractivity contribution in [1.29, 1.82) is 0 Å². The third-order valence-corrected chi connectivity index (χ3v) is 3.72. The summed E-state index contributed by atoms with van der Waals surface area (Å²) in [5.41, 5.74) is 0.358. The van der Waals surface area contributed by atoms with Gasteiger partial charge in [0.25, 0.3) is 5.91 Å². The van der Waals surface area contributed by atoms with Crippen LogP contribution in [0.2, 0.25) is 0 Å². The fourth-order valence-electron chi connectivity index (χ4n) is 1.66. The maximum Gasteiger partial charge on any atom is 0.390 e. The number of hydrogen-bond donors (Lipinski definition) is 1. The van der Waals surface area contributed by atoms with Crippen LogP contribution in [0.1, 0.15) is 22.3 Å². The number of carbonyl (C=O) groups excluding carboxylic acids is 1. The number of amides is 1. The smallest absolute Gasteiger partial charge is 0.341 e. The Morgan fingerprint density at radius 1 is 1.33 bits per heavy atom. The van der Waals surface area contributed by atoms with E-state index in [9.17, 15) is 26.4 Å². The highest BCUT2D eigenvalue weighted by Crippen LogP contribution is 2.21. The van der Waals surface area contributed by atoms with Crippen molar-refractivity contribution in [2.24, 2.45) is 5.14 Å². The first kappa shape index (κ1) is 17.4. The molecular formula is C12H15F3N2O3S. The minimum atomic E-state index is -4.40. The molecule has 0 aliphatic rings. The van der Waals surface area contributed by atoms with Gasteiger partial charge in [-0.25, -0.2) is 13.6 Å². The number of nitrogens with two attached hydrogens (primary N) is 1. The molecule has 21 heavy (non-hydrogen) atoms. The number of rotatable bonds is 4. The highest BCUT2D eigenvalue weighted by atomic mass is 32.2. The van der Waals surface area contributed by atoms with E-state index >= 15 is 0 Å². The van der Waals surface area contributed by atoms with Gasteiger partial charge in [-0.05, 0) is 19.1 Å². The molecule has 0 heterocycles. The van der Waals surface area contributed by atoms with Gasteiger partial charge < -0.3 is 4.90 Å². The molecule has 1 aromatic rings. The molecule has 5 nitrogen and oxygen atoms in total. The number of sulfonamides is 1. The molecule has 118 valence electrons. The Hall–Kier alpha value is -1.61. The Labute approximate surface area is 120 Å². The number of hydrogen-bond acceptors (Lipinski definition) is 3. The number of benzene rings is 1. The number of aryl methyl sites for hydroxylation is 1. The predicted octanol–water partition coefficient (Wildman–Crippen LogP) is 1.67. The standard InChI is InChI=1S/C12H15F3N2O3S/c1-8-3-4-10(21(16,19)20)9(7-8)11(18)17(2)6-5-12(13,14)15/h3-4,7H,5-6H2,1-2H3,(H2,16,19,20). The van der Waals surface area contributed by atoms with E-state index in [2.05, 4.69) is 0 Å². The highest BCUT2D eigenvalue weighted by Gasteiger charge is 2.29. The van der Waals surface area contributed by atoms with Crippen molar-refractivity contribution in [2.45, 2.75) is 24.4 Å². The lowest BCUT2D eigenvalue weighted by molar-refractivity contribution is -0.136. The van der Waals surface area contributed by atoms with Gasteiger partial charge in [-0.3, -0.25) is 4.79 Å². The fourth-order valence-corrected chi connectivity index (χ4v) is 2.37. The molecule has 1 rings (SSSR count). The van der Waals surface area contributed by atoms with Crippen LogP contribution >= 0.6 is 0 Å². The quantitative estimate of drug-likeness (QED) is 0.915. The Kier molecular flexibility index (Phi) is 5.00. The molecule has 0 spiro atoms. The topological polar surface area (TPSA) is 80.5 Å². The molecule has 0 fully saturated rings. The number of primary sulfonamides is 1. The average Bonchev–Trinajstić information content (AvgIpc) is 2.32. The van der Waals surface area contributed by atoms with E-state index in [-0.39, 0.29) is 5.56 Å². The summed E-state index contributed by atoms with van der Waals surface area (Å²) in [6.07, 6.45) is -5.57. The first-order valence-corrected chi connectivity index (χ1v) is 7.42. The van der Waals surface area contributed by atoms with Gasteiger partial charge in [0.2, 0.25) is 10.0 Å². The molecule has 0 saturated heterocycles. The summed E-state index contributed by atoms with van der Waals surface area (Å²) in [6, 6.07) is 3.90. The maximum atomic E-state index is 12.2. The number of nitrogens with zero attached hydrogens (tertiary/aromatic N) is 1. The van der Waals surface area contributed by atoms with E-state index in [1.54, 1.807) is 6.92 Å². The summed E-state index contributed by atoms with van der Waals surface area (Å²) in [7, 11) is -2.97. The van der Waals surface area contributed by atoms with Gasteiger partial charge in [-0.15, -0.1) is 0 Å². The zero-order valence-electron chi connectivity index (χ0n) is 11.4. The van der Waals surface area contributed by atoms with Crippen molar-refractivity contribution >= 4 is 15.9 Å². The van der Waals surface area contributed by atoms with Crippen LogP contribution < -0.4 is 5.14 Å². The van der Waals surface area contributed by atoms with Gasteiger partial charge in [0.1, 0.15) is 0 Å². The number of halogens is 3. The minimum Gasteiger partial charge on any atom is -0.341 e. The van der Waals surface area contributed by atoms with Gasteiger partial charge in [0.05, 0.1) is 16.9 Å². The molecule has 9 heteroatoms. The van der Waals surface area contributed by atoms with Crippen LogP contribution in [0, 0.1) is 6.92 Å². The van der Waals surface area contributed by atoms with Gasteiger partial charge in [-0.1, -0.05) is 11.6 Å². The van der Waals surface area contributed by atoms with Crippen LogP contribution in [0.25, 0.3) is 0 Å². The molecule has 2 N–H and O–H groups in total. The molecule has 1 amide bonds. The van der Waals surface area contributed by atoms with Gasteiger partial charge in [0, 0.05) is 13.6 Å². The van der Waals surface area contributed by atoms with Crippen molar-refractivity contribution in [2.75, 3.05) is 13.6 Å². The molecule has 0 radical (unpaired) electrons. The summed E-state index contributed by atoms with van der Waals surface area (Å²) in [5, 5.41) is 5.01. The monoisotopic (exact) mass is 324 g/mol. The van der Waals surface area contributed by atoms with E-state index in [1.807, 2.05) is 0 Å². The first-order valence-electron chi connectivity index (χ1n) is 5.87. The van der Waals surface area contributed by atoms with Crippen LogP contribution in [-0.4, -0.2) is 39.0 Å². The van der Waals surface area contributed by atoms with Crippen molar-refractivity contribution in [3.63, 3.8) is 0 Å². The maximum absolute atomic E-state index is 12.2. The van der Waals surface area contributed by atoms with Crippen LogP contribution in [0.4, 0.5) is 13.2 Å². The summed E-state index contributed by atoms with van der Waals surface area (Å²) in [6.45, 7) is 1.06. The summed E-state index contributed by atoms with van der Waals surface area (Å²) in [5.74, 6) is -0.827. The van der Waals surface area contributed by atoms with E-state index in [1.165, 1.54) is 19.2 Å². The second-order valence-electron chi connectivity index (χ2n) is 4.64. The van der Waals surface area contributed by atoms with Crippen LogP contribution in [0.3, 0.4) is 0 Å². The zero-order valence-corrected chi connectivity index (χ0v) is 12.3. The lowest BCUT2D eigenvalue weighted by Crippen LogP contribution is -2.32. The fraction of sp³-hybridized carbons (Fsp3) is 0.417. The van der Waals surface area contributed by atoms with E-state index in [0.717, 1.165) is 11.0 Å². The molecule has 0 aromatic heterocycles. The molecule has 0 atom stereocenters. The minimum absolute atomic E-state index is 0.234. The SMILES string of the molecule is Cc1ccc(S(N)(=O)=O)c(C(=O)N(C)CCC(F)(F)F)c1. The van der Waals surface area contributed by atoms with Gasteiger partial charge in [-0.2, -0.15) is 13.2 Å². The Morgan fingerprint density at radius 3 is 2.38 bits per heavy atom. The Bertz CT molecular complexity index is 642.